The van der Waals surface area contributed by atoms with E-state index in [1.165, 1.54) is 0 Å². The van der Waals surface area contributed by atoms with E-state index in [1.54, 1.807) is 23.1 Å². The zero-order chi connectivity index (χ0) is 18.8. The number of likely N-dealkylation sites (tertiary alicyclic amines) is 2. The number of amides is 2. The van der Waals surface area contributed by atoms with Crippen LogP contribution >= 0.6 is 11.6 Å². The number of hydrogen-bond donors (Lipinski definition) is 0. The van der Waals surface area contributed by atoms with Crippen LogP contribution in [0, 0.1) is 5.92 Å². The van der Waals surface area contributed by atoms with E-state index in [0.29, 0.717) is 29.6 Å². The van der Waals surface area contributed by atoms with Crippen LogP contribution in [0.4, 0.5) is 0 Å². The van der Waals surface area contributed by atoms with Gasteiger partial charge in [0, 0.05) is 31.7 Å². The van der Waals surface area contributed by atoms with E-state index in [2.05, 4.69) is 0 Å². The smallest absolute Gasteiger partial charge is 0.289 e. The van der Waals surface area contributed by atoms with Gasteiger partial charge in [0.05, 0.1) is 10.9 Å². The highest BCUT2D eigenvalue weighted by atomic mass is 35.5. The van der Waals surface area contributed by atoms with Crippen LogP contribution in [0.15, 0.2) is 40.8 Å². The van der Waals surface area contributed by atoms with Gasteiger partial charge < -0.3 is 14.2 Å². The number of furan rings is 1. The molecule has 0 bridgehead atoms. The third-order valence-electron chi connectivity index (χ3n) is 5.43. The summed E-state index contributed by atoms with van der Waals surface area (Å²) in [4.78, 5) is 29.3. The topological polar surface area (TPSA) is 53.8 Å². The summed E-state index contributed by atoms with van der Waals surface area (Å²) in [5, 5.41) is 0.583. The highest BCUT2D eigenvalue weighted by Gasteiger charge is 2.33. The SMILES string of the molecule is O=C(c1ccc(-c2ccccc2Cl)o1)N1CCCC(C(=O)N2CCCC2)C1. The molecule has 2 saturated heterocycles. The number of hydrogen-bond acceptors (Lipinski definition) is 3. The summed E-state index contributed by atoms with van der Waals surface area (Å²) >= 11 is 6.21. The van der Waals surface area contributed by atoms with Crippen LogP contribution in [-0.2, 0) is 4.79 Å². The number of piperidine rings is 1. The Kier molecular flexibility index (Phi) is 5.21. The monoisotopic (exact) mass is 386 g/mol. The number of benzene rings is 1. The third kappa shape index (κ3) is 3.74. The molecule has 2 amide bonds. The van der Waals surface area contributed by atoms with E-state index < -0.39 is 0 Å². The fourth-order valence-corrected chi connectivity index (χ4v) is 4.20. The van der Waals surface area contributed by atoms with Crippen molar-refractivity contribution in [2.45, 2.75) is 25.7 Å². The molecule has 2 fully saturated rings. The Morgan fingerprint density at radius 2 is 1.70 bits per heavy atom. The summed E-state index contributed by atoms with van der Waals surface area (Å²) in [6, 6.07) is 10.8. The predicted molar refractivity (Wildman–Crippen MR) is 104 cm³/mol. The van der Waals surface area contributed by atoms with Gasteiger partial charge in [-0.1, -0.05) is 23.7 Å². The Labute approximate surface area is 163 Å². The summed E-state index contributed by atoms with van der Waals surface area (Å²) in [6.07, 6.45) is 3.85. The summed E-state index contributed by atoms with van der Waals surface area (Å²) in [7, 11) is 0. The molecule has 2 aromatic rings. The average Bonchev–Trinajstić information content (AvgIpc) is 3.39. The molecule has 3 heterocycles. The van der Waals surface area contributed by atoms with Gasteiger partial charge in [0.2, 0.25) is 5.91 Å². The fraction of sp³-hybridized carbons (Fsp3) is 0.429. The highest BCUT2D eigenvalue weighted by Crippen LogP contribution is 2.30. The molecule has 0 aliphatic carbocycles. The van der Waals surface area contributed by atoms with E-state index in [-0.39, 0.29) is 17.7 Å². The van der Waals surface area contributed by atoms with Gasteiger partial charge >= 0.3 is 0 Å². The molecule has 1 aromatic carbocycles. The minimum absolute atomic E-state index is 0.0983. The quantitative estimate of drug-likeness (QED) is 0.798. The van der Waals surface area contributed by atoms with Crippen molar-refractivity contribution in [3.63, 3.8) is 0 Å². The lowest BCUT2D eigenvalue weighted by Gasteiger charge is -2.33. The molecular formula is C21H23ClN2O3. The molecule has 1 aromatic heterocycles. The van der Waals surface area contributed by atoms with E-state index in [0.717, 1.165) is 44.3 Å². The number of nitrogens with zero attached hydrogens (tertiary/aromatic N) is 2. The molecule has 1 unspecified atom stereocenters. The normalized spacial score (nSPS) is 20.1. The van der Waals surface area contributed by atoms with Crippen molar-refractivity contribution in [1.82, 2.24) is 9.80 Å². The number of carbonyl (C=O) groups excluding carboxylic acids is 2. The van der Waals surface area contributed by atoms with E-state index in [9.17, 15) is 9.59 Å². The molecule has 142 valence electrons. The Bertz CT molecular complexity index is 841. The van der Waals surface area contributed by atoms with Gasteiger partial charge in [-0.2, -0.15) is 0 Å². The average molecular weight is 387 g/mol. The Balaban J connectivity index is 1.46. The zero-order valence-corrected chi connectivity index (χ0v) is 16.0. The van der Waals surface area contributed by atoms with Gasteiger partial charge in [-0.3, -0.25) is 9.59 Å². The molecule has 0 N–H and O–H groups in total. The van der Waals surface area contributed by atoms with Crippen molar-refractivity contribution in [2.24, 2.45) is 5.92 Å². The van der Waals surface area contributed by atoms with E-state index >= 15 is 0 Å². The van der Waals surface area contributed by atoms with Crippen LogP contribution in [0.25, 0.3) is 11.3 Å². The second-order valence-electron chi connectivity index (χ2n) is 7.27. The van der Waals surface area contributed by atoms with Crippen molar-refractivity contribution in [3.8, 4) is 11.3 Å². The first-order chi connectivity index (χ1) is 13.1. The van der Waals surface area contributed by atoms with Crippen LogP contribution in [-0.4, -0.2) is 47.8 Å². The number of rotatable bonds is 3. The maximum atomic E-state index is 12.9. The number of halogens is 1. The largest absolute Gasteiger partial charge is 0.451 e. The molecule has 2 aliphatic rings. The lowest BCUT2D eigenvalue weighted by Crippen LogP contribution is -2.46. The van der Waals surface area contributed by atoms with Crippen LogP contribution < -0.4 is 0 Å². The van der Waals surface area contributed by atoms with Crippen LogP contribution in [0.3, 0.4) is 0 Å². The summed E-state index contributed by atoms with van der Waals surface area (Å²) < 4.78 is 5.79. The predicted octanol–water partition coefficient (Wildman–Crippen LogP) is 4.07. The van der Waals surface area contributed by atoms with Crippen molar-refractivity contribution in [1.29, 1.82) is 0 Å². The van der Waals surface area contributed by atoms with Crippen molar-refractivity contribution in [2.75, 3.05) is 26.2 Å². The minimum Gasteiger partial charge on any atom is -0.451 e. The third-order valence-corrected chi connectivity index (χ3v) is 5.76. The first kappa shape index (κ1) is 18.1. The molecule has 5 nitrogen and oxygen atoms in total. The fourth-order valence-electron chi connectivity index (χ4n) is 3.97. The van der Waals surface area contributed by atoms with Gasteiger partial charge in [-0.05, 0) is 49.9 Å². The molecule has 2 aliphatic heterocycles. The molecule has 6 heteroatoms. The Morgan fingerprint density at radius 1 is 0.963 bits per heavy atom. The van der Waals surface area contributed by atoms with Crippen molar-refractivity contribution < 1.29 is 14.0 Å². The first-order valence-electron chi connectivity index (χ1n) is 9.56. The van der Waals surface area contributed by atoms with Crippen molar-refractivity contribution >= 4 is 23.4 Å². The highest BCUT2D eigenvalue weighted by molar-refractivity contribution is 6.33. The molecular weight excluding hydrogens is 364 g/mol. The standard InChI is InChI=1S/C21H23ClN2O3/c22-17-8-2-1-7-16(17)18-9-10-19(27-18)21(26)24-13-5-6-15(14-24)20(25)23-11-3-4-12-23/h1-2,7-10,15H,3-6,11-14H2. The maximum absolute atomic E-state index is 12.9. The molecule has 27 heavy (non-hydrogen) atoms. The lowest BCUT2D eigenvalue weighted by molar-refractivity contribution is -0.135. The van der Waals surface area contributed by atoms with Gasteiger partial charge in [-0.25, -0.2) is 0 Å². The minimum atomic E-state index is -0.160. The lowest BCUT2D eigenvalue weighted by atomic mass is 9.96. The van der Waals surface area contributed by atoms with E-state index in [1.807, 2.05) is 23.1 Å². The van der Waals surface area contributed by atoms with Crippen LogP contribution in [0.1, 0.15) is 36.2 Å². The molecule has 1 atom stereocenters. The van der Waals surface area contributed by atoms with Gasteiger partial charge in [0.1, 0.15) is 5.76 Å². The van der Waals surface area contributed by atoms with Gasteiger partial charge in [0.25, 0.3) is 5.91 Å². The van der Waals surface area contributed by atoms with Crippen molar-refractivity contribution in [3.05, 3.63) is 47.2 Å². The second kappa shape index (κ2) is 7.77. The summed E-state index contributed by atoms with van der Waals surface area (Å²) in [5.41, 5.74) is 0.763. The first-order valence-corrected chi connectivity index (χ1v) is 9.94. The van der Waals surface area contributed by atoms with Gasteiger partial charge in [-0.15, -0.1) is 0 Å². The summed E-state index contributed by atoms with van der Waals surface area (Å²) in [6.45, 7) is 2.83. The van der Waals surface area contributed by atoms with E-state index in [4.69, 9.17) is 16.0 Å². The Hall–Kier alpha value is -2.27. The number of carbonyl (C=O) groups is 2. The van der Waals surface area contributed by atoms with Gasteiger partial charge in [0.15, 0.2) is 5.76 Å². The molecule has 0 spiro atoms. The second-order valence-corrected chi connectivity index (χ2v) is 7.67. The molecule has 0 saturated carbocycles. The summed E-state index contributed by atoms with van der Waals surface area (Å²) in [5.74, 6) is 0.803. The molecule has 0 radical (unpaired) electrons. The Morgan fingerprint density at radius 3 is 2.48 bits per heavy atom. The maximum Gasteiger partial charge on any atom is 0.289 e. The molecule has 4 rings (SSSR count). The zero-order valence-electron chi connectivity index (χ0n) is 15.2. The van der Waals surface area contributed by atoms with Crippen LogP contribution in [0.5, 0.6) is 0 Å². The van der Waals surface area contributed by atoms with Crippen LogP contribution in [0.2, 0.25) is 5.02 Å².